The molecule has 0 bridgehead atoms. The first-order valence-corrected chi connectivity index (χ1v) is 11.4. The molecule has 0 radical (unpaired) electrons. The summed E-state index contributed by atoms with van der Waals surface area (Å²) >= 11 is 0. The Hall–Kier alpha value is -3.67. The van der Waals surface area contributed by atoms with E-state index in [1.165, 1.54) is 7.11 Å². The number of anilines is 1. The molecule has 2 atom stereocenters. The van der Waals surface area contributed by atoms with E-state index in [0.717, 1.165) is 12.1 Å². The largest absolute Gasteiger partial charge is 0.493 e. The summed E-state index contributed by atoms with van der Waals surface area (Å²) in [6.07, 6.45) is -5.02. The van der Waals surface area contributed by atoms with Crippen LogP contribution in [0.3, 0.4) is 0 Å². The lowest BCUT2D eigenvalue weighted by Gasteiger charge is -2.29. The molecule has 0 aliphatic carbocycles. The zero-order valence-electron chi connectivity index (χ0n) is 20.6. The van der Waals surface area contributed by atoms with Crippen LogP contribution >= 0.6 is 0 Å². The predicted molar refractivity (Wildman–Crippen MR) is 127 cm³/mol. The summed E-state index contributed by atoms with van der Waals surface area (Å²) in [5.41, 5.74) is -0.451. The Kier molecular flexibility index (Phi) is 7.39. The number of carbonyl (C=O) groups excluding carboxylic acids is 1. The molecule has 8 nitrogen and oxygen atoms in total. The van der Waals surface area contributed by atoms with Crippen LogP contribution < -0.4 is 14.8 Å². The van der Waals surface area contributed by atoms with Crippen molar-refractivity contribution in [1.29, 1.82) is 0 Å². The van der Waals surface area contributed by atoms with Crippen LogP contribution in [0.5, 0.6) is 11.5 Å². The molecule has 2 heterocycles. The van der Waals surface area contributed by atoms with Crippen molar-refractivity contribution in [2.75, 3.05) is 39.2 Å². The van der Waals surface area contributed by atoms with E-state index in [2.05, 4.69) is 15.3 Å². The lowest BCUT2D eigenvalue weighted by molar-refractivity contribution is -0.148. The Labute approximate surface area is 210 Å². The predicted octanol–water partition coefficient (Wildman–Crippen LogP) is 4.51. The number of halogens is 4. The van der Waals surface area contributed by atoms with Gasteiger partial charge in [0.15, 0.2) is 11.5 Å². The summed E-state index contributed by atoms with van der Waals surface area (Å²) in [7, 11) is 3.17. The van der Waals surface area contributed by atoms with Crippen molar-refractivity contribution in [3.8, 4) is 11.5 Å². The Morgan fingerprint density at radius 1 is 1.19 bits per heavy atom. The number of hydrogen-bond donors (Lipinski definition) is 1. The van der Waals surface area contributed by atoms with E-state index in [9.17, 15) is 22.4 Å². The van der Waals surface area contributed by atoms with Gasteiger partial charge in [0.2, 0.25) is 5.91 Å². The molecule has 198 valence electrons. The number of methoxy groups -OCH3 is 1. The molecular formula is C25H26F4N4O4. The number of nitrogens with zero attached hydrogens (tertiary/aromatic N) is 3. The lowest BCUT2D eigenvalue weighted by Crippen LogP contribution is -2.46. The number of aromatic nitrogens is 2. The second-order valence-electron chi connectivity index (χ2n) is 8.79. The molecule has 0 spiro atoms. The average Bonchev–Trinajstić information content (AvgIpc) is 2.83. The van der Waals surface area contributed by atoms with Gasteiger partial charge in [0.1, 0.15) is 36.8 Å². The summed E-state index contributed by atoms with van der Waals surface area (Å²) in [6, 6.07) is 5.01. The monoisotopic (exact) mass is 522 g/mol. The molecular weight excluding hydrogens is 496 g/mol. The number of morpholine rings is 1. The molecule has 1 N–H and O–H groups in total. The second-order valence-corrected chi connectivity index (χ2v) is 8.79. The van der Waals surface area contributed by atoms with Crippen molar-refractivity contribution in [3.05, 3.63) is 53.1 Å². The highest BCUT2D eigenvalue weighted by atomic mass is 19.4. The fourth-order valence-electron chi connectivity index (χ4n) is 3.99. The number of hydrogen-bond acceptors (Lipinski definition) is 7. The molecule has 2 aromatic carbocycles. The Morgan fingerprint density at radius 2 is 1.95 bits per heavy atom. The van der Waals surface area contributed by atoms with E-state index in [-0.39, 0.29) is 30.8 Å². The average molecular weight is 522 g/mol. The second kappa shape index (κ2) is 10.4. The van der Waals surface area contributed by atoms with E-state index in [1.54, 1.807) is 37.9 Å². The van der Waals surface area contributed by atoms with Gasteiger partial charge in [-0.25, -0.2) is 14.4 Å². The molecule has 1 fully saturated rings. The van der Waals surface area contributed by atoms with Gasteiger partial charge in [0.25, 0.3) is 0 Å². The Morgan fingerprint density at radius 3 is 2.62 bits per heavy atom. The third kappa shape index (κ3) is 6.01. The van der Waals surface area contributed by atoms with Crippen molar-refractivity contribution >= 4 is 22.6 Å². The highest BCUT2D eigenvalue weighted by molar-refractivity contribution is 5.92. The van der Waals surface area contributed by atoms with Gasteiger partial charge in [-0.05, 0) is 43.7 Å². The van der Waals surface area contributed by atoms with E-state index in [1.807, 2.05) is 0 Å². The Balaban J connectivity index is 1.64. The van der Waals surface area contributed by atoms with E-state index in [0.29, 0.717) is 46.7 Å². The number of nitrogens with one attached hydrogen (secondary N) is 1. The quantitative estimate of drug-likeness (QED) is 0.457. The van der Waals surface area contributed by atoms with E-state index >= 15 is 0 Å². The topological polar surface area (TPSA) is 85.8 Å². The zero-order valence-corrected chi connectivity index (χ0v) is 20.6. The number of aryl methyl sites for hydroxylation is 1. The maximum Gasteiger partial charge on any atom is 0.416 e. The van der Waals surface area contributed by atoms with Gasteiger partial charge in [-0.1, -0.05) is 0 Å². The molecule has 4 rings (SSSR count). The van der Waals surface area contributed by atoms with Crippen LogP contribution in [-0.2, 0) is 15.7 Å². The van der Waals surface area contributed by atoms with Gasteiger partial charge in [-0.2, -0.15) is 13.2 Å². The van der Waals surface area contributed by atoms with Gasteiger partial charge in [-0.15, -0.1) is 0 Å². The smallest absolute Gasteiger partial charge is 0.416 e. The van der Waals surface area contributed by atoms with Gasteiger partial charge in [0, 0.05) is 25.0 Å². The first-order chi connectivity index (χ1) is 17.4. The van der Waals surface area contributed by atoms with Crippen molar-refractivity contribution in [1.82, 2.24) is 14.9 Å². The van der Waals surface area contributed by atoms with Gasteiger partial charge in [0.05, 0.1) is 24.2 Å². The number of fused-ring (bicyclic) bond motifs is 1. The van der Waals surface area contributed by atoms with Crippen LogP contribution in [0.15, 0.2) is 30.3 Å². The normalized spacial score (nSPS) is 17.1. The number of rotatable bonds is 7. The van der Waals surface area contributed by atoms with Crippen LogP contribution in [0.2, 0.25) is 0 Å². The third-order valence-corrected chi connectivity index (χ3v) is 5.96. The minimum Gasteiger partial charge on any atom is -0.493 e. The first-order valence-electron chi connectivity index (χ1n) is 11.4. The molecule has 0 unspecified atom stereocenters. The SMILES string of the molecule is COc1cc2nc(C)nc(N[C@H](C)c3cc(F)cc(C(F)(F)F)c3)c2cc1OC[C@@H]1CN(C)C(=O)CO1. The fraction of sp³-hybridized carbons (Fsp3) is 0.400. The molecule has 12 heteroatoms. The number of alkyl halides is 3. The van der Waals surface area contributed by atoms with Crippen molar-refractivity contribution in [2.24, 2.45) is 0 Å². The maximum atomic E-state index is 14.0. The van der Waals surface area contributed by atoms with Crippen molar-refractivity contribution < 1.29 is 36.6 Å². The van der Waals surface area contributed by atoms with Gasteiger partial charge >= 0.3 is 6.18 Å². The highest BCUT2D eigenvalue weighted by Gasteiger charge is 2.32. The van der Waals surface area contributed by atoms with Crippen LogP contribution in [0.1, 0.15) is 29.9 Å². The highest BCUT2D eigenvalue weighted by Crippen LogP contribution is 2.36. The number of ether oxygens (including phenoxy) is 3. The minimum absolute atomic E-state index is 0.0331. The molecule has 1 aromatic heterocycles. The van der Waals surface area contributed by atoms with Gasteiger partial charge < -0.3 is 24.4 Å². The number of amides is 1. The van der Waals surface area contributed by atoms with Crippen molar-refractivity contribution in [2.45, 2.75) is 32.2 Å². The molecule has 1 aliphatic heterocycles. The fourth-order valence-corrected chi connectivity index (χ4v) is 3.99. The summed E-state index contributed by atoms with van der Waals surface area (Å²) in [5, 5.41) is 3.60. The third-order valence-electron chi connectivity index (χ3n) is 5.96. The van der Waals surface area contributed by atoms with Crippen LogP contribution in [0.4, 0.5) is 23.4 Å². The molecule has 3 aromatic rings. The molecule has 0 saturated carbocycles. The van der Waals surface area contributed by atoms with Gasteiger partial charge in [-0.3, -0.25) is 4.79 Å². The summed E-state index contributed by atoms with van der Waals surface area (Å²) in [4.78, 5) is 22.1. The summed E-state index contributed by atoms with van der Waals surface area (Å²) in [6.45, 7) is 3.77. The summed E-state index contributed by atoms with van der Waals surface area (Å²) in [5.74, 6) is 0.421. The molecule has 37 heavy (non-hydrogen) atoms. The van der Waals surface area contributed by atoms with Crippen LogP contribution in [-0.4, -0.2) is 60.8 Å². The number of benzene rings is 2. The maximum absolute atomic E-state index is 14.0. The summed E-state index contributed by atoms with van der Waals surface area (Å²) < 4.78 is 70.5. The first kappa shape index (κ1) is 26.4. The lowest BCUT2D eigenvalue weighted by atomic mass is 10.0. The van der Waals surface area contributed by atoms with E-state index < -0.39 is 23.6 Å². The zero-order chi connectivity index (χ0) is 26.9. The Bertz CT molecular complexity index is 1320. The molecule has 1 aliphatic rings. The number of carbonyl (C=O) groups is 1. The number of likely N-dealkylation sites (N-methyl/N-ethyl adjacent to an activating group) is 1. The standard InChI is InChI=1S/C25H26F4N4O4/c1-13(15-5-16(25(27,28)29)7-17(26)6-15)30-24-19-8-22(21(35-4)9-20(19)31-14(2)32-24)37-11-18-10-33(3)23(34)12-36-18/h5-9,13,18H,10-12H2,1-4H3,(H,30,31,32)/t13-,18+/m1/s1. The van der Waals surface area contributed by atoms with Crippen LogP contribution in [0, 0.1) is 12.7 Å². The minimum atomic E-state index is -4.68. The van der Waals surface area contributed by atoms with Crippen molar-refractivity contribution in [3.63, 3.8) is 0 Å². The molecule has 1 amide bonds. The van der Waals surface area contributed by atoms with E-state index in [4.69, 9.17) is 14.2 Å². The van der Waals surface area contributed by atoms with Crippen LogP contribution in [0.25, 0.3) is 10.9 Å². The molecule has 1 saturated heterocycles.